The van der Waals surface area contributed by atoms with Crippen molar-refractivity contribution in [3.8, 4) is 0 Å². The molecule has 0 aliphatic heterocycles. The van der Waals surface area contributed by atoms with Crippen LogP contribution >= 0.6 is 11.7 Å². The van der Waals surface area contributed by atoms with Crippen LogP contribution in [0.1, 0.15) is 23.1 Å². The molecule has 0 amide bonds. The molecule has 0 bridgehead atoms. The molecule has 4 aromatic rings. The summed E-state index contributed by atoms with van der Waals surface area (Å²) in [5.74, 6) is 0. The molecule has 10 heteroatoms. The highest BCUT2D eigenvalue weighted by molar-refractivity contribution is 7.89. The fraction of sp³-hybridized carbons (Fsp3) is 0.286. The van der Waals surface area contributed by atoms with Crippen LogP contribution in [0.25, 0.3) is 21.9 Å². The summed E-state index contributed by atoms with van der Waals surface area (Å²) in [6.07, 6.45) is 0.244. The number of aromatic nitrogens is 3. The normalized spacial score (nSPS) is 12.3. The molecule has 2 aromatic heterocycles. The van der Waals surface area contributed by atoms with E-state index in [0.29, 0.717) is 27.7 Å². The number of hydrogen-bond acceptors (Lipinski definition) is 7. The average molecular weight is 459 g/mol. The van der Waals surface area contributed by atoms with Gasteiger partial charge in [-0.2, -0.15) is 13.1 Å². The molecule has 2 aromatic carbocycles. The van der Waals surface area contributed by atoms with Crippen LogP contribution in [0.15, 0.2) is 46.1 Å². The van der Waals surface area contributed by atoms with Crippen LogP contribution in [0, 0.1) is 13.8 Å². The summed E-state index contributed by atoms with van der Waals surface area (Å²) in [6.45, 7) is 3.43. The zero-order chi connectivity index (χ0) is 22.2. The van der Waals surface area contributed by atoms with Gasteiger partial charge in [0.15, 0.2) is 0 Å². The highest BCUT2D eigenvalue weighted by Crippen LogP contribution is 2.29. The quantitative estimate of drug-likeness (QED) is 0.440. The molecule has 2 N–H and O–H groups in total. The Bertz CT molecular complexity index is 1430. The number of benzene rings is 2. The molecule has 0 saturated heterocycles. The maximum Gasteiger partial charge on any atom is 0.252 e. The lowest BCUT2D eigenvalue weighted by Gasteiger charge is -2.23. The van der Waals surface area contributed by atoms with Crippen LogP contribution in [-0.4, -0.2) is 44.7 Å². The zero-order valence-electron chi connectivity index (χ0n) is 17.1. The summed E-state index contributed by atoms with van der Waals surface area (Å²) in [7, 11) is -4.00. The van der Waals surface area contributed by atoms with E-state index in [9.17, 15) is 18.3 Å². The Balaban J connectivity index is 1.81. The molecular weight excluding hydrogens is 436 g/mol. The van der Waals surface area contributed by atoms with Crippen molar-refractivity contribution < 1.29 is 13.5 Å². The predicted molar refractivity (Wildman–Crippen MR) is 121 cm³/mol. The first-order chi connectivity index (χ1) is 14.8. The van der Waals surface area contributed by atoms with Crippen LogP contribution in [-0.2, 0) is 16.6 Å². The number of sulfonamides is 1. The maximum atomic E-state index is 13.7. The summed E-state index contributed by atoms with van der Waals surface area (Å²) in [4.78, 5) is 15.6. The summed E-state index contributed by atoms with van der Waals surface area (Å²) >= 11 is 0.952. The molecule has 31 heavy (non-hydrogen) atoms. The van der Waals surface area contributed by atoms with E-state index in [1.54, 1.807) is 25.1 Å². The number of aryl methyl sites for hydroxylation is 2. The number of aliphatic hydroxyl groups is 1. The van der Waals surface area contributed by atoms with Crippen LogP contribution in [0.5, 0.6) is 0 Å². The molecule has 0 aliphatic rings. The average Bonchev–Trinajstić information content (AvgIpc) is 3.19. The number of fused-ring (bicyclic) bond motifs is 2. The maximum absolute atomic E-state index is 13.7. The van der Waals surface area contributed by atoms with Crippen LogP contribution in [0.4, 0.5) is 0 Å². The van der Waals surface area contributed by atoms with E-state index in [2.05, 4.69) is 13.7 Å². The second-order valence-electron chi connectivity index (χ2n) is 7.47. The van der Waals surface area contributed by atoms with Crippen molar-refractivity contribution in [3.63, 3.8) is 0 Å². The monoisotopic (exact) mass is 458 g/mol. The molecule has 4 rings (SSSR count). The lowest BCUT2D eigenvalue weighted by atomic mass is 10.1. The number of nitrogens with zero attached hydrogens (tertiary/aromatic N) is 3. The summed E-state index contributed by atoms with van der Waals surface area (Å²) in [6, 6.07) is 10.9. The molecule has 162 valence electrons. The first kappa shape index (κ1) is 21.6. The standard InChI is InChI=1S/C21H22N4O4S2/c1-13-4-6-15-11-16(21(27)22-18(15)10-13)12-25(8-3-9-26)31(28,29)20-14(2)5-7-17-19(20)24-30-23-17/h4-7,10-11,26H,3,8-9,12H2,1-2H3,(H,22,27). The van der Waals surface area contributed by atoms with E-state index in [1.807, 2.05) is 25.1 Å². The van der Waals surface area contributed by atoms with Crippen molar-refractivity contribution >= 4 is 43.7 Å². The van der Waals surface area contributed by atoms with Crippen molar-refractivity contribution in [1.29, 1.82) is 0 Å². The minimum Gasteiger partial charge on any atom is -0.396 e. The minimum absolute atomic E-state index is 0.0671. The molecule has 2 heterocycles. The molecule has 0 unspecified atom stereocenters. The van der Waals surface area contributed by atoms with Gasteiger partial charge >= 0.3 is 0 Å². The van der Waals surface area contributed by atoms with Crippen molar-refractivity contribution in [2.45, 2.75) is 31.7 Å². The predicted octanol–water partition coefficient (Wildman–Crippen LogP) is 2.72. The van der Waals surface area contributed by atoms with E-state index in [-0.39, 0.29) is 36.6 Å². The van der Waals surface area contributed by atoms with E-state index >= 15 is 0 Å². The Kier molecular flexibility index (Phi) is 5.89. The second-order valence-corrected chi connectivity index (χ2v) is 9.88. The molecule has 0 saturated carbocycles. The molecule has 8 nitrogen and oxygen atoms in total. The van der Waals surface area contributed by atoms with Gasteiger partial charge in [-0.25, -0.2) is 8.42 Å². The van der Waals surface area contributed by atoms with Gasteiger partial charge in [0.2, 0.25) is 10.0 Å². The lowest BCUT2D eigenvalue weighted by molar-refractivity contribution is 0.267. The minimum atomic E-state index is -4.00. The third-order valence-electron chi connectivity index (χ3n) is 5.17. The van der Waals surface area contributed by atoms with Crippen molar-refractivity contribution in [2.75, 3.05) is 13.2 Å². The highest BCUT2D eigenvalue weighted by atomic mass is 32.2. The van der Waals surface area contributed by atoms with Gasteiger partial charge in [0.1, 0.15) is 15.9 Å². The summed E-state index contributed by atoms with van der Waals surface area (Å²) < 4.78 is 36.9. The van der Waals surface area contributed by atoms with Crippen LogP contribution in [0.2, 0.25) is 0 Å². The third kappa shape index (κ3) is 4.11. The number of pyridine rings is 1. The fourth-order valence-corrected chi connectivity index (χ4v) is 5.99. The van der Waals surface area contributed by atoms with E-state index in [0.717, 1.165) is 22.7 Å². The van der Waals surface area contributed by atoms with Crippen molar-refractivity contribution in [3.05, 3.63) is 63.4 Å². The number of aromatic amines is 1. The number of hydrogen-bond donors (Lipinski definition) is 2. The summed E-state index contributed by atoms with van der Waals surface area (Å²) in [5.41, 5.74) is 3.09. The fourth-order valence-electron chi connectivity index (χ4n) is 3.58. The smallest absolute Gasteiger partial charge is 0.252 e. The van der Waals surface area contributed by atoms with Crippen molar-refractivity contribution in [2.24, 2.45) is 0 Å². The molecule has 0 radical (unpaired) electrons. The van der Waals surface area contributed by atoms with Crippen LogP contribution < -0.4 is 5.56 Å². The number of rotatable bonds is 7. The van der Waals surface area contributed by atoms with Gasteiger partial charge in [-0.15, -0.1) is 0 Å². The molecule has 0 atom stereocenters. The Hall–Kier alpha value is -2.66. The third-order valence-corrected chi connectivity index (χ3v) is 7.73. The number of nitrogens with one attached hydrogen (secondary N) is 1. The van der Waals surface area contributed by atoms with E-state index in [4.69, 9.17) is 0 Å². The van der Waals surface area contributed by atoms with Gasteiger partial charge in [-0.05, 0) is 55.0 Å². The molecule has 0 fully saturated rings. The Morgan fingerprint density at radius 2 is 1.94 bits per heavy atom. The first-order valence-electron chi connectivity index (χ1n) is 9.76. The Morgan fingerprint density at radius 3 is 2.71 bits per heavy atom. The summed E-state index contributed by atoms with van der Waals surface area (Å²) in [5, 5.41) is 10.1. The van der Waals surface area contributed by atoms with Gasteiger partial charge in [0.05, 0.1) is 11.7 Å². The first-order valence-corrected chi connectivity index (χ1v) is 11.9. The molecular formula is C21H22N4O4S2. The topological polar surface area (TPSA) is 116 Å². The SMILES string of the molecule is Cc1ccc2cc(CN(CCCO)S(=O)(=O)c3c(C)ccc4nsnc34)c(=O)[nH]c2c1. The van der Waals surface area contributed by atoms with Crippen LogP contribution in [0.3, 0.4) is 0 Å². The molecule has 0 spiro atoms. The lowest BCUT2D eigenvalue weighted by Crippen LogP contribution is -2.34. The Morgan fingerprint density at radius 1 is 1.13 bits per heavy atom. The van der Waals surface area contributed by atoms with Gasteiger partial charge in [-0.1, -0.05) is 18.2 Å². The van der Waals surface area contributed by atoms with Gasteiger partial charge in [0, 0.05) is 30.8 Å². The molecule has 0 aliphatic carbocycles. The largest absolute Gasteiger partial charge is 0.396 e. The van der Waals surface area contributed by atoms with Gasteiger partial charge < -0.3 is 10.1 Å². The second kappa shape index (κ2) is 8.46. The highest BCUT2D eigenvalue weighted by Gasteiger charge is 2.30. The Labute approximate surface area is 183 Å². The van der Waals surface area contributed by atoms with E-state index < -0.39 is 10.0 Å². The number of aliphatic hydroxyl groups excluding tert-OH is 1. The van der Waals surface area contributed by atoms with Gasteiger partial charge in [-0.3, -0.25) is 4.79 Å². The number of H-pyrrole nitrogens is 1. The zero-order valence-corrected chi connectivity index (χ0v) is 18.8. The van der Waals surface area contributed by atoms with Gasteiger partial charge in [0.25, 0.3) is 5.56 Å². The van der Waals surface area contributed by atoms with Crippen molar-refractivity contribution in [1.82, 2.24) is 18.0 Å². The van der Waals surface area contributed by atoms with E-state index in [1.165, 1.54) is 4.31 Å².